The van der Waals surface area contributed by atoms with Gasteiger partial charge in [0.2, 0.25) is 0 Å². The molecule has 1 aromatic rings. The molecule has 28 heavy (non-hydrogen) atoms. The summed E-state index contributed by atoms with van der Waals surface area (Å²) in [5, 5.41) is 3.39. The maximum absolute atomic E-state index is 13.3. The van der Waals surface area contributed by atoms with Crippen LogP contribution in [0.25, 0.3) is 0 Å². The van der Waals surface area contributed by atoms with Gasteiger partial charge in [-0.15, -0.1) is 0 Å². The van der Waals surface area contributed by atoms with Gasteiger partial charge in [0.1, 0.15) is 5.82 Å². The molecule has 0 radical (unpaired) electrons. The molecule has 0 bridgehead atoms. The number of aliphatic imine (C=N–C) groups is 1. The number of hydrogen-bond acceptors (Lipinski definition) is 3. The summed E-state index contributed by atoms with van der Waals surface area (Å²) in [4.78, 5) is 7.07. The maximum Gasteiger partial charge on any atom is 0.193 e. The SMILES string of the molecule is CCNC(=NCCc1cccc(F)c1)N1CCC(OCC2CCCCO2)CC1. The molecular formula is C22H34FN3O2. The molecule has 2 saturated heterocycles. The Morgan fingerprint density at radius 2 is 2.14 bits per heavy atom. The summed E-state index contributed by atoms with van der Waals surface area (Å²) in [5.41, 5.74) is 0.983. The zero-order valence-electron chi connectivity index (χ0n) is 17.0. The molecule has 0 spiro atoms. The minimum absolute atomic E-state index is 0.186. The second-order valence-corrected chi connectivity index (χ2v) is 7.62. The average molecular weight is 392 g/mol. The first-order chi connectivity index (χ1) is 13.7. The summed E-state index contributed by atoms with van der Waals surface area (Å²) in [5.74, 6) is 0.766. The van der Waals surface area contributed by atoms with E-state index in [-0.39, 0.29) is 11.9 Å². The van der Waals surface area contributed by atoms with Gasteiger partial charge in [0.05, 0.1) is 18.8 Å². The van der Waals surface area contributed by atoms with Crippen molar-refractivity contribution in [1.29, 1.82) is 0 Å². The highest BCUT2D eigenvalue weighted by atomic mass is 19.1. The molecular weight excluding hydrogens is 357 g/mol. The molecule has 2 heterocycles. The number of likely N-dealkylation sites (tertiary alicyclic amines) is 1. The van der Waals surface area contributed by atoms with Crippen LogP contribution < -0.4 is 5.32 Å². The van der Waals surface area contributed by atoms with Gasteiger partial charge in [-0.2, -0.15) is 0 Å². The largest absolute Gasteiger partial charge is 0.376 e. The fourth-order valence-electron chi connectivity index (χ4n) is 3.83. The lowest BCUT2D eigenvalue weighted by atomic mass is 10.1. The Bertz CT molecular complexity index is 612. The number of nitrogens with one attached hydrogen (secondary N) is 1. The molecule has 156 valence electrons. The number of benzene rings is 1. The Kier molecular flexibility index (Phi) is 8.55. The number of nitrogens with zero attached hydrogens (tertiary/aromatic N) is 2. The number of rotatable bonds is 7. The van der Waals surface area contributed by atoms with E-state index in [1.807, 2.05) is 6.07 Å². The monoisotopic (exact) mass is 391 g/mol. The molecule has 6 heteroatoms. The smallest absolute Gasteiger partial charge is 0.193 e. The zero-order valence-corrected chi connectivity index (χ0v) is 17.0. The van der Waals surface area contributed by atoms with E-state index in [2.05, 4.69) is 17.1 Å². The maximum atomic E-state index is 13.3. The first-order valence-electron chi connectivity index (χ1n) is 10.8. The fraction of sp³-hybridized carbons (Fsp3) is 0.682. The zero-order chi connectivity index (χ0) is 19.6. The number of ether oxygens (including phenoxy) is 2. The van der Waals surface area contributed by atoms with Crippen LogP contribution in [-0.4, -0.2) is 62.5 Å². The lowest BCUT2D eigenvalue weighted by molar-refractivity contribution is -0.0721. The van der Waals surface area contributed by atoms with Gasteiger partial charge < -0.3 is 19.7 Å². The summed E-state index contributed by atoms with van der Waals surface area (Å²) in [6, 6.07) is 6.76. The summed E-state index contributed by atoms with van der Waals surface area (Å²) < 4.78 is 25.2. The van der Waals surface area contributed by atoms with Crippen LogP contribution >= 0.6 is 0 Å². The summed E-state index contributed by atoms with van der Waals surface area (Å²) >= 11 is 0. The van der Waals surface area contributed by atoms with Gasteiger partial charge in [-0.05, 0) is 63.1 Å². The summed E-state index contributed by atoms with van der Waals surface area (Å²) in [6.45, 7) is 7.08. The lowest BCUT2D eigenvalue weighted by Gasteiger charge is -2.35. The molecule has 0 aromatic heterocycles. The van der Waals surface area contributed by atoms with E-state index < -0.39 is 0 Å². The van der Waals surface area contributed by atoms with E-state index in [9.17, 15) is 4.39 Å². The van der Waals surface area contributed by atoms with Crippen molar-refractivity contribution < 1.29 is 13.9 Å². The highest BCUT2D eigenvalue weighted by Crippen LogP contribution is 2.18. The normalized spacial score (nSPS) is 21.7. The Labute approximate surface area is 168 Å². The number of halogens is 1. The lowest BCUT2D eigenvalue weighted by Crippen LogP contribution is -2.47. The van der Waals surface area contributed by atoms with Gasteiger partial charge in [0.15, 0.2) is 5.96 Å². The molecule has 2 fully saturated rings. The number of guanidine groups is 1. The van der Waals surface area contributed by atoms with E-state index in [1.165, 1.54) is 18.9 Å². The first kappa shape index (κ1) is 21.1. The molecule has 0 aliphatic carbocycles. The van der Waals surface area contributed by atoms with Crippen LogP contribution in [0.3, 0.4) is 0 Å². The van der Waals surface area contributed by atoms with Crippen LogP contribution in [0.5, 0.6) is 0 Å². The van der Waals surface area contributed by atoms with Crippen molar-refractivity contribution in [3.05, 3.63) is 35.6 Å². The van der Waals surface area contributed by atoms with Crippen molar-refractivity contribution in [2.75, 3.05) is 39.4 Å². The molecule has 0 saturated carbocycles. The minimum Gasteiger partial charge on any atom is -0.376 e. The third kappa shape index (κ3) is 6.74. The molecule has 1 unspecified atom stereocenters. The van der Waals surface area contributed by atoms with Crippen molar-refractivity contribution in [3.8, 4) is 0 Å². The molecule has 1 atom stereocenters. The number of hydrogen-bond donors (Lipinski definition) is 1. The fourth-order valence-corrected chi connectivity index (χ4v) is 3.83. The van der Waals surface area contributed by atoms with Gasteiger partial charge in [0, 0.05) is 32.8 Å². The van der Waals surface area contributed by atoms with E-state index >= 15 is 0 Å². The molecule has 5 nitrogen and oxygen atoms in total. The van der Waals surface area contributed by atoms with Gasteiger partial charge in [-0.25, -0.2) is 4.39 Å². The second kappa shape index (κ2) is 11.4. The first-order valence-corrected chi connectivity index (χ1v) is 10.8. The predicted octanol–water partition coefficient (Wildman–Crippen LogP) is 3.38. The van der Waals surface area contributed by atoms with E-state index in [0.29, 0.717) is 12.6 Å². The molecule has 2 aliphatic rings. The Morgan fingerprint density at radius 3 is 2.86 bits per heavy atom. The van der Waals surface area contributed by atoms with Crippen molar-refractivity contribution >= 4 is 5.96 Å². The predicted molar refractivity (Wildman–Crippen MR) is 110 cm³/mol. The Balaban J connectivity index is 1.42. The van der Waals surface area contributed by atoms with E-state index in [1.54, 1.807) is 12.1 Å². The molecule has 3 rings (SSSR count). The molecule has 0 amide bonds. The topological polar surface area (TPSA) is 46.1 Å². The molecule has 1 N–H and O–H groups in total. The van der Waals surface area contributed by atoms with Crippen molar-refractivity contribution in [3.63, 3.8) is 0 Å². The molecule has 2 aliphatic heterocycles. The van der Waals surface area contributed by atoms with Crippen molar-refractivity contribution in [1.82, 2.24) is 10.2 Å². The Morgan fingerprint density at radius 1 is 1.29 bits per heavy atom. The Hall–Kier alpha value is -1.66. The van der Waals surface area contributed by atoms with Crippen LogP contribution in [-0.2, 0) is 15.9 Å². The van der Waals surface area contributed by atoms with Gasteiger partial charge in [-0.1, -0.05) is 12.1 Å². The second-order valence-electron chi connectivity index (χ2n) is 7.62. The quantitative estimate of drug-likeness (QED) is 0.572. The van der Waals surface area contributed by atoms with Gasteiger partial charge >= 0.3 is 0 Å². The van der Waals surface area contributed by atoms with Gasteiger partial charge in [0.25, 0.3) is 0 Å². The highest BCUT2D eigenvalue weighted by molar-refractivity contribution is 5.80. The van der Waals surface area contributed by atoms with Crippen LogP contribution in [0.4, 0.5) is 4.39 Å². The third-order valence-corrected chi connectivity index (χ3v) is 5.42. The van der Waals surface area contributed by atoms with Crippen molar-refractivity contribution in [2.45, 2.75) is 57.7 Å². The minimum atomic E-state index is -0.186. The van der Waals surface area contributed by atoms with Crippen LogP contribution in [0.1, 0.15) is 44.6 Å². The van der Waals surface area contributed by atoms with Crippen LogP contribution in [0, 0.1) is 5.82 Å². The average Bonchev–Trinajstić information content (AvgIpc) is 2.73. The van der Waals surface area contributed by atoms with Crippen LogP contribution in [0.15, 0.2) is 29.3 Å². The third-order valence-electron chi connectivity index (χ3n) is 5.42. The number of piperidine rings is 1. The standard InChI is InChI=1S/C22H34FN3O2/c1-2-24-22(25-12-9-18-6-5-7-19(23)16-18)26-13-10-20(11-14-26)28-17-21-8-3-4-15-27-21/h5-7,16,20-21H,2-4,8-15,17H2,1H3,(H,24,25). The van der Waals surface area contributed by atoms with Crippen LogP contribution in [0.2, 0.25) is 0 Å². The molecule has 1 aromatic carbocycles. The highest BCUT2D eigenvalue weighted by Gasteiger charge is 2.23. The van der Waals surface area contributed by atoms with E-state index in [0.717, 1.165) is 70.1 Å². The van der Waals surface area contributed by atoms with Gasteiger partial charge in [-0.3, -0.25) is 4.99 Å². The van der Waals surface area contributed by atoms with Crippen molar-refractivity contribution in [2.24, 2.45) is 4.99 Å². The van der Waals surface area contributed by atoms with E-state index in [4.69, 9.17) is 14.5 Å². The summed E-state index contributed by atoms with van der Waals surface area (Å²) in [6.07, 6.45) is 6.94. The summed E-state index contributed by atoms with van der Waals surface area (Å²) in [7, 11) is 0.